The molecule has 1 rings (SSSR count). The number of carbonyl (C=O) groups is 2. The molecule has 0 radical (unpaired) electrons. The monoisotopic (exact) mass is 321 g/mol. The van der Waals surface area contributed by atoms with Gasteiger partial charge >= 0.3 is 0 Å². The van der Waals surface area contributed by atoms with Crippen molar-refractivity contribution in [2.24, 2.45) is 0 Å². The topological polar surface area (TPSA) is 70.7 Å². The maximum absolute atomic E-state index is 12.1. The van der Waals surface area contributed by atoms with Gasteiger partial charge in [-0.25, -0.2) is 0 Å². The Hall–Kier alpha value is -0.850. The van der Waals surface area contributed by atoms with E-state index in [1.54, 1.807) is 12.0 Å². The normalized spacial score (nSPS) is 17.4. The zero-order valence-corrected chi connectivity index (χ0v) is 13.8. The number of carbonyl (C=O) groups excluding carboxylic acids is 2. The number of likely N-dealkylation sites (tertiary alicyclic amines) is 1. The SMILES string of the molecule is CCCC(=O)N1CCCC1C(=O)NCCNCCOC.Cl. The number of methoxy groups -OCH3 is 1. The molecule has 7 heteroatoms. The molecule has 1 aliphatic rings. The van der Waals surface area contributed by atoms with E-state index in [0.717, 1.165) is 25.8 Å². The van der Waals surface area contributed by atoms with Crippen molar-refractivity contribution in [3.63, 3.8) is 0 Å². The van der Waals surface area contributed by atoms with Crippen molar-refractivity contribution in [3.05, 3.63) is 0 Å². The molecule has 2 N–H and O–H groups in total. The second-order valence-electron chi connectivity index (χ2n) is 5.03. The van der Waals surface area contributed by atoms with Crippen LogP contribution in [-0.4, -0.2) is 62.7 Å². The maximum atomic E-state index is 12.1. The number of nitrogens with zero attached hydrogens (tertiary/aromatic N) is 1. The van der Waals surface area contributed by atoms with Crippen LogP contribution in [0, 0.1) is 0 Å². The summed E-state index contributed by atoms with van der Waals surface area (Å²) in [4.78, 5) is 25.8. The number of nitrogens with one attached hydrogen (secondary N) is 2. The van der Waals surface area contributed by atoms with Gasteiger partial charge in [0, 0.05) is 39.7 Å². The highest BCUT2D eigenvalue weighted by atomic mass is 35.5. The lowest BCUT2D eigenvalue weighted by Crippen LogP contribution is -2.47. The van der Waals surface area contributed by atoms with Crippen molar-refractivity contribution in [1.29, 1.82) is 0 Å². The molecule has 0 aromatic heterocycles. The fraction of sp³-hybridized carbons (Fsp3) is 0.857. The van der Waals surface area contributed by atoms with Gasteiger partial charge in [0.05, 0.1) is 6.61 Å². The number of hydrogen-bond acceptors (Lipinski definition) is 4. The molecule has 1 fully saturated rings. The third-order valence-electron chi connectivity index (χ3n) is 3.42. The largest absolute Gasteiger partial charge is 0.383 e. The van der Waals surface area contributed by atoms with Gasteiger partial charge in [-0.1, -0.05) is 6.92 Å². The molecule has 21 heavy (non-hydrogen) atoms. The summed E-state index contributed by atoms with van der Waals surface area (Å²) in [6.45, 7) is 5.42. The first kappa shape index (κ1) is 20.1. The molecular weight excluding hydrogens is 294 g/mol. The number of rotatable bonds is 9. The molecule has 0 aliphatic carbocycles. The Balaban J connectivity index is 0.00000400. The first-order valence-electron chi connectivity index (χ1n) is 7.47. The van der Waals surface area contributed by atoms with Gasteiger partial charge in [-0.3, -0.25) is 9.59 Å². The van der Waals surface area contributed by atoms with Gasteiger partial charge in [0.15, 0.2) is 0 Å². The molecule has 6 nitrogen and oxygen atoms in total. The maximum Gasteiger partial charge on any atom is 0.242 e. The number of hydrogen-bond donors (Lipinski definition) is 2. The molecule has 0 aromatic rings. The minimum Gasteiger partial charge on any atom is -0.383 e. The Morgan fingerprint density at radius 1 is 1.29 bits per heavy atom. The molecular formula is C14H28ClN3O3. The number of amides is 2. The second-order valence-corrected chi connectivity index (χ2v) is 5.03. The van der Waals surface area contributed by atoms with Crippen molar-refractivity contribution < 1.29 is 14.3 Å². The predicted octanol–water partition coefficient (Wildman–Crippen LogP) is 0.552. The molecule has 2 amide bonds. The minimum atomic E-state index is -0.270. The number of ether oxygens (including phenoxy) is 1. The Labute approximate surface area is 133 Å². The summed E-state index contributed by atoms with van der Waals surface area (Å²) in [5, 5.41) is 6.06. The summed E-state index contributed by atoms with van der Waals surface area (Å²) < 4.78 is 4.92. The van der Waals surface area contributed by atoms with Gasteiger partial charge in [0.2, 0.25) is 11.8 Å². The lowest BCUT2D eigenvalue weighted by atomic mass is 10.2. The highest BCUT2D eigenvalue weighted by Crippen LogP contribution is 2.18. The van der Waals surface area contributed by atoms with E-state index >= 15 is 0 Å². The fourth-order valence-corrected chi connectivity index (χ4v) is 2.39. The standard InChI is InChI=1S/C14H27N3O3.ClH/c1-3-5-13(18)17-10-4-6-12(17)14(19)16-8-7-15-9-11-20-2;/h12,15H,3-11H2,1-2H3,(H,16,19);1H. The summed E-state index contributed by atoms with van der Waals surface area (Å²) in [5.74, 6) is 0.0730. The van der Waals surface area contributed by atoms with E-state index in [1.807, 2.05) is 6.92 Å². The van der Waals surface area contributed by atoms with E-state index < -0.39 is 0 Å². The van der Waals surface area contributed by atoms with Crippen LogP contribution in [-0.2, 0) is 14.3 Å². The molecule has 1 unspecified atom stereocenters. The van der Waals surface area contributed by atoms with E-state index in [0.29, 0.717) is 32.7 Å². The lowest BCUT2D eigenvalue weighted by Gasteiger charge is -2.23. The quantitative estimate of drug-likeness (QED) is 0.609. The summed E-state index contributed by atoms with van der Waals surface area (Å²) in [5.41, 5.74) is 0. The Morgan fingerprint density at radius 2 is 2.05 bits per heavy atom. The van der Waals surface area contributed by atoms with Crippen molar-refractivity contribution in [2.75, 3.05) is 39.9 Å². The van der Waals surface area contributed by atoms with Crippen LogP contribution in [0.4, 0.5) is 0 Å². The Bertz CT molecular complexity index is 316. The zero-order valence-electron chi connectivity index (χ0n) is 13.0. The summed E-state index contributed by atoms with van der Waals surface area (Å²) in [6, 6.07) is -0.270. The van der Waals surface area contributed by atoms with Gasteiger partial charge in [0.1, 0.15) is 6.04 Å². The van der Waals surface area contributed by atoms with Crippen LogP contribution in [0.1, 0.15) is 32.6 Å². The van der Waals surface area contributed by atoms with Crippen LogP contribution in [0.2, 0.25) is 0 Å². The van der Waals surface area contributed by atoms with Crippen molar-refractivity contribution in [3.8, 4) is 0 Å². The van der Waals surface area contributed by atoms with Gasteiger partial charge < -0.3 is 20.3 Å². The van der Waals surface area contributed by atoms with E-state index in [1.165, 1.54) is 0 Å². The van der Waals surface area contributed by atoms with Crippen LogP contribution < -0.4 is 10.6 Å². The highest BCUT2D eigenvalue weighted by Gasteiger charge is 2.33. The number of halogens is 1. The Kier molecular flexibility index (Phi) is 11.3. The highest BCUT2D eigenvalue weighted by molar-refractivity contribution is 5.88. The smallest absolute Gasteiger partial charge is 0.242 e. The van der Waals surface area contributed by atoms with Gasteiger partial charge in [-0.05, 0) is 19.3 Å². The van der Waals surface area contributed by atoms with E-state index in [9.17, 15) is 9.59 Å². The van der Waals surface area contributed by atoms with Crippen molar-refractivity contribution >= 4 is 24.2 Å². The van der Waals surface area contributed by atoms with Crippen LogP contribution >= 0.6 is 12.4 Å². The molecule has 0 spiro atoms. The van der Waals surface area contributed by atoms with E-state index in [-0.39, 0.29) is 30.3 Å². The van der Waals surface area contributed by atoms with Gasteiger partial charge in [0.25, 0.3) is 0 Å². The predicted molar refractivity (Wildman–Crippen MR) is 84.6 cm³/mol. The van der Waals surface area contributed by atoms with Crippen LogP contribution in [0.25, 0.3) is 0 Å². The molecule has 1 aliphatic heterocycles. The van der Waals surface area contributed by atoms with Crippen LogP contribution in [0.5, 0.6) is 0 Å². The minimum absolute atomic E-state index is 0. The fourth-order valence-electron chi connectivity index (χ4n) is 2.39. The molecule has 124 valence electrons. The van der Waals surface area contributed by atoms with Crippen LogP contribution in [0.15, 0.2) is 0 Å². The summed E-state index contributed by atoms with van der Waals surface area (Å²) in [6.07, 6.45) is 3.05. The summed E-state index contributed by atoms with van der Waals surface area (Å²) in [7, 11) is 1.66. The second kappa shape index (κ2) is 11.8. The van der Waals surface area contributed by atoms with E-state index in [2.05, 4.69) is 10.6 Å². The molecule has 1 atom stereocenters. The van der Waals surface area contributed by atoms with Crippen molar-refractivity contribution in [1.82, 2.24) is 15.5 Å². The van der Waals surface area contributed by atoms with Crippen LogP contribution in [0.3, 0.4) is 0 Å². The van der Waals surface area contributed by atoms with E-state index in [4.69, 9.17) is 4.74 Å². The Morgan fingerprint density at radius 3 is 2.71 bits per heavy atom. The third-order valence-corrected chi connectivity index (χ3v) is 3.42. The average Bonchev–Trinajstić information content (AvgIpc) is 2.92. The zero-order chi connectivity index (χ0) is 14.8. The van der Waals surface area contributed by atoms with Gasteiger partial charge in [-0.15, -0.1) is 12.4 Å². The molecule has 0 saturated carbocycles. The molecule has 1 saturated heterocycles. The summed E-state index contributed by atoms with van der Waals surface area (Å²) >= 11 is 0. The molecule has 0 bridgehead atoms. The average molecular weight is 322 g/mol. The molecule has 1 heterocycles. The van der Waals surface area contributed by atoms with Gasteiger partial charge in [-0.2, -0.15) is 0 Å². The lowest BCUT2D eigenvalue weighted by molar-refractivity contribution is -0.138. The first-order valence-corrected chi connectivity index (χ1v) is 7.47. The third kappa shape index (κ3) is 7.11. The van der Waals surface area contributed by atoms with Crippen molar-refractivity contribution in [2.45, 2.75) is 38.6 Å². The molecule has 0 aromatic carbocycles. The first-order chi connectivity index (χ1) is 9.70.